The Morgan fingerprint density at radius 3 is 2.18 bits per heavy atom. The second-order valence-electron chi connectivity index (χ2n) is 4.32. The van der Waals surface area contributed by atoms with Crippen molar-refractivity contribution in [2.45, 2.75) is 30.4 Å². The number of piperidine rings is 1. The predicted molar refractivity (Wildman–Crippen MR) is 61.2 cm³/mol. The minimum Gasteiger partial charge on any atom is -0.395 e. The quantitative estimate of drug-likeness (QED) is 0.446. The predicted octanol–water partition coefficient (Wildman–Crippen LogP) is -1.23. The van der Waals surface area contributed by atoms with Gasteiger partial charge in [-0.2, -0.15) is 0 Å². The van der Waals surface area contributed by atoms with E-state index in [-0.39, 0.29) is 6.61 Å². The highest BCUT2D eigenvalue weighted by atomic mass is 16.4. The lowest BCUT2D eigenvalue weighted by Gasteiger charge is -2.41. The van der Waals surface area contributed by atoms with E-state index in [0.29, 0.717) is 0 Å². The van der Waals surface area contributed by atoms with Gasteiger partial charge >= 0.3 is 0 Å². The summed E-state index contributed by atoms with van der Waals surface area (Å²) in [6.07, 6.45) is -3.54. The maximum Gasteiger partial charge on any atom is 0.109 e. The number of benzene rings is 1. The average molecular weight is 239 g/mol. The molecule has 1 aliphatic rings. The van der Waals surface area contributed by atoms with Crippen LogP contribution < -0.4 is 5.32 Å². The van der Waals surface area contributed by atoms with Crippen molar-refractivity contribution in [1.29, 1.82) is 0 Å². The van der Waals surface area contributed by atoms with E-state index >= 15 is 0 Å². The highest BCUT2D eigenvalue weighted by molar-refractivity contribution is 5.22. The van der Waals surface area contributed by atoms with Crippen LogP contribution in [0.1, 0.15) is 11.6 Å². The van der Waals surface area contributed by atoms with Gasteiger partial charge in [0.2, 0.25) is 0 Å². The second-order valence-corrected chi connectivity index (χ2v) is 4.32. The van der Waals surface area contributed by atoms with Crippen molar-refractivity contribution in [1.82, 2.24) is 5.32 Å². The first-order valence-electron chi connectivity index (χ1n) is 5.61. The first-order chi connectivity index (χ1) is 8.15. The molecule has 0 bridgehead atoms. The second kappa shape index (κ2) is 5.12. The Morgan fingerprint density at radius 1 is 0.941 bits per heavy atom. The van der Waals surface area contributed by atoms with E-state index in [2.05, 4.69) is 5.32 Å². The number of aliphatic hydroxyl groups is 4. The fourth-order valence-corrected chi connectivity index (χ4v) is 2.18. The Morgan fingerprint density at radius 2 is 1.59 bits per heavy atom. The maximum atomic E-state index is 9.92. The summed E-state index contributed by atoms with van der Waals surface area (Å²) in [6.45, 7) is -0.297. The van der Waals surface area contributed by atoms with Crippen molar-refractivity contribution in [2.24, 2.45) is 0 Å². The van der Waals surface area contributed by atoms with E-state index in [1.807, 2.05) is 30.3 Å². The van der Waals surface area contributed by atoms with Crippen LogP contribution in [0.2, 0.25) is 0 Å². The zero-order chi connectivity index (χ0) is 12.4. The minimum absolute atomic E-state index is 0.297. The summed E-state index contributed by atoms with van der Waals surface area (Å²) in [5, 5.41) is 41.3. The molecule has 5 nitrogen and oxygen atoms in total. The third kappa shape index (κ3) is 2.34. The molecular weight excluding hydrogens is 222 g/mol. The summed E-state index contributed by atoms with van der Waals surface area (Å²) < 4.78 is 0. The summed E-state index contributed by atoms with van der Waals surface area (Å²) in [7, 11) is 0. The molecule has 0 aliphatic carbocycles. The molecule has 0 radical (unpaired) electrons. The van der Waals surface area contributed by atoms with E-state index in [1.165, 1.54) is 0 Å². The average Bonchev–Trinajstić information content (AvgIpc) is 2.37. The molecule has 0 amide bonds. The van der Waals surface area contributed by atoms with Crippen LogP contribution in [0.15, 0.2) is 30.3 Å². The monoisotopic (exact) mass is 239 g/mol. The first-order valence-corrected chi connectivity index (χ1v) is 5.61. The van der Waals surface area contributed by atoms with Gasteiger partial charge in [0.1, 0.15) is 12.2 Å². The van der Waals surface area contributed by atoms with Gasteiger partial charge in [-0.3, -0.25) is 0 Å². The van der Waals surface area contributed by atoms with Crippen molar-refractivity contribution in [3.63, 3.8) is 0 Å². The van der Waals surface area contributed by atoms with Crippen molar-refractivity contribution < 1.29 is 20.4 Å². The van der Waals surface area contributed by atoms with Gasteiger partial charge in [0.15, 0.2) is 0 Å². The largest absolute Gasteiger partial charge is 0.395 e. The lowest BCUT2D eigenvalue weighted by molar-refractivity contribution is -0.120. The smallest absolute Gasteiger partial charge is 0.109 e. The Hall–Kier alpha value is -0.980. The zero-order valence-electron chi connectivity index (χ0n) is 9.27. The van der Waals surface area contributed by atoms with E-state index in [4.69, 9.17) is 5.11 Å². The van der Waals surface area contributed by atoms with Gasteiger partial charge < -0.3 is 25.7 Å². The Bertz CT molecular complexity index is 357. The maximum absolute atomic E-state index is 9.92. The van der Waals surface area contributed by atoms with E-state index < -0.39 is 30.4 Å². The zero-order valence-corrected chi connectivity index (χ0v) is 9.27. The summed E-state index contributed by atoms with van der Waals surface area (Å²) in [5.41, 5.74) is 0.810. The molecular formula is C12H17NO4. The third-order valence-electron chi connectivity index (χ3n) is 3.20. The molecule has 1 saturated heterocycles. The molecule has 94 valence electrons. The van der Waals surface area contributed by atoms with Gasteiger partial charge in [-0.15, -0.1) is 0 Å². The van der Waals surface area contributed by atoms with Crippen molar-refractivity contribution in [3.05, 3.63) is 35.9 Å². The van der Waals surface area contributed by atoms with Gasteiger partial charge in [0, 0.05) is 0 Å². The van der Waals surface area contributed by atoms with Gasteiger partial charge in [-0.1, -0.05) is 30.3 Å². The van der Waals surface area contributed by atoms with Crippen LogP contribution in [0.3, 0.4) is 0 Å². The van der Waals surface area contributed by atoms with Crippen LogP contribution in [0.4, 0.5) is 0 Å². The summed E-state index contributed by atoms with van der Waals surface area (Å²) >= 11 is 0. The van der Waals surface area contributed by atoms with E-state index in [0.717, 1.165) is 5.56 Å². The molecule has 1 aromatic rings. The number of rotatable bonds is 2. The van der Waals surface area contributed by atoms with Gasteiger partial charge in [0.05, 0.1) is 24.8 Å². The minimum atomic E-state index is -1.27. The molecule has 1 aliphatic heterocycles. The van der Waals surface area contributed by atoms with Gasteiger partial charge in [-0.25, -0.2) is 0 Å². The van der Waals surface area contributed by atoms with E-state index in [9.17, 15) is 15.3 Å². The van der Waals surface area contributed by atoms with Gasteiger partial charge in [-0.05, 0) is 5.56 Å². The van der Waals surface area contributed by atoms with Crippen LogP contribution in [-0.4, -0.2) is 51.4 Å². The summed E-state index contributed by atoms with van der Waals surface area (Å²) in [6, 6.07) is 8.02. The first kappa shape index (κ1) is 12.5. The number of hydrogen-bond acceptors (Lipinski definition) is 5. The fraction of sp³-hybridized carbons (Fsp3) is 0.500. The van der Waals surface area contributed by atoms with Crippen LogP contribution in [0.25, 0.3) is 0 Å². The molecule has 0 aromatic heterocycles. The molecule has 0 saturated carbocycles. The normalized spacial score (nSPS) is 38.0. The lowest BCUT2D eigenvalue weighted by Crippen LogP contribution is -2.62. The highest BCUT2D eigenvalue weighted by Crippen LogP contribution is 2.26. The Labute approximate surface area is 99.3 Å². The molecule has 17 heavy (non-hydrogen) atoms. The molecule has 5 atom stereocenters. The summed E-state index contributed by atoms with van der Waals surface area (Å²) in [4.78, 5) is 0. The molecule has 1 fully saturated rings. The Kier molecular flexibility index (Phi) is 3.76. The van der Waals surface area contributed by atoms with Crippen molar-refractivity contribution >= 4 is 0 Å². The van der Waals surface area contributed by atoms with Crippen LogP contribution in [-0.2, 0) is 0 Å². The van der Waals surface area contributed by atoms with Crippen molar-refractivity contribution in [3.8, 4) is 0 Å². The molecule has 1 aromatic carbocycles. The summed E-state index contributed by atoms with van der Waals surface area (Å²) in [5.74, 6) is 0. The third-order valence-corrected chi connectivity index (χ3v) is 3.20. The fourth-order valence-electron chi connectivity index (χ4n) is 2.18. The lowest BCUT2D eigenvalue weighted by atomic mass is 9.87. The number of hydrogen-bond donors (Lipinski definition) is 5. The highest BCUT2D eigenvalue weighted by Gasteiger charge is 2.42. The SMILES string of the molecule is OC[C@H]1N[C@H](c2ccccc2)[C@@H](O)[C@@H](O)[C@@H]1O. The molecule has 5 N–H and O–H groups in total. The standard InChI is InChI=1S/C12H17NO4/c14-6-8-10(15)12(17)11(16)9(13-8)7-4-2-1-3-5-7/h1-5,8-17H,6H2/t8-,9-,10-,11-,12+/m1/s1. The van der Waals surface area contributed by atoms with Crippen LogP contribution in [0.5, 0.6) is 0 Å². The van der Waals surface area contributed by atoms with Gasteiger partial charge in [0.25, 0.3) is 0 Å². The van der Waals surface area contributed by atoms with Crippen LogP contribution >= 0.6 is 0 Å². The molecule has 0 unspecified atom stereocenters. The topological polar surface area (TPSA) is 93.0 Å². The number of aliphatic hydroxyl groups excluding tert-OH is 4. The van der Waals surface area contributed by atoms with E-state index in [1.54, 1.807) is 0 Å². The Balaban J connectivity index is 2.23. The molecule has 1 heterocycles. The molecule has 2 rings (SSSR count). The number of nitrogens with one attached hydrogen (secondary N) is 1. The van der Waals surface area contributed by atoms with Crippen LogP contribution in [0, 0.1) is 0 Å². The molecule has 5 heteroatoms. The van der Waals surface area contributed by atoms with Crippen molar-refractivity contribution in [2.75, 3.05) is 6.61 Å². The molecule has 0 spiro atoms.